The average molecular weight is 366 g/mol. The van der Waals surface area contributed by atoms with Crippen LogP contribution < -0.4 is 16.2 Å². The van der Waals surface area contributed by atoms with Gasteiger partial charge in [0, 0.05) is 24.0 Å². The van der Waals surface area contributed by atoms with Crippen LogP contribution in [-0.4, -0.2) is 16.6 Å². The zero-order valence-corrected chi connectivity index (χ0v) is 15.9. The predicted octanol–water partition coefficient (Wildman–Crippen LogP) is 3.35. The molecule has 0 amide bonds. The number of fused-ring (bicyclic) bond motifs is 1. The van der Waals surface area contributed by atoms with E-state index in [1.54, 1.807) is 0 Å². The van der Waals surface area contributed by atoms with Gasteiger partial charge in [-0.25, -0.2) is 0 Å². The second kappa shape index (κ2) is 8.15. The molecule has 4 nitrogen and oxygen atoms in total. The van der Waals surface area contributed by atoms with Gasteiger partial charge in [-0.1, -0.05) is 42.5 Å². The van der Waals surface area contributed by atoms with E-state index in [1.807, 2.05) is 37.3 Å². The maximum absolute atomic E-state index is 12.4. The van der Waals surface area contributed by atoms with Crippen LogP contribution in [0.5, 0.6) is 0 Å². The Kier molecular flexibility index (Phi) is 5.68. The molecule has 3 aromatic rings. The van der Waals surface area contributed by atoms with Crippen molar-refractivity contribution in [1.29, 1.82) is 0 Å². The molecule has 5 heteroatoms. The first-order chi connectivity index (χ1) is 12.5. The quantitative estimate of drug-likeness (QED) is 0.607. The number of aromatic nitrogens is 1. The minimum Gasteiger partial charge on any atom is -0.362 e. The number of H-pyrrole nitrogens is 1. The standard InChI is InChI=1S/C21H23N3OS/c1-14-8-9-15(2)19-18(14)12-17(20(25)24-19)10-11-22-21(26)23-13-16-6-4-3-5-7-16/h3-9,12H,10-11,13H2,1-2H3,(H,24,25)(H2,22,23,26). The normalized spacial score (nSPS) is 10.7. The van der Waals surface area contributed by atoms with Gasteiger partial charge in [0.1, 0.15) is 0 Å². The lowest BCUT2D eigenvalue weighted by Gasteiger charge is -2.11. The van der Waals surface area contributed by atoms with Gasteiger partial charge in [-0.3, -0.25) is 4.79 Å². The van der Waals surface area contributed by atoms with E-state index < -0.39 is 0 Å². The molecule has 3 N–H and O–H groups in total. The lowest BCUT2D eigenvalue weighted by Crippen LogP contribution is -2.36. The molecule has 0 bridgehead atoms. The largest absolute Gasteiger partial charge is 0.362 e. The molecule has 0 unspecified atom stereocenters. The third-order valence-electron chi connectivity index (χ3n) is 4.50. The monoisotopic (exact) mass is 365 g/mol. The van der Waals surface area contributed by atoms with Crippen molar-refractivity contribution in [1.82, 2.24) is 15.6 Å². The first-order valence-electron chi connectivity index (χ1n) is 8.72. The highest BCUT2D eigenvalue weighted by molar-refractivity contribution is 7.80. The first-order valence-corrected chi connectivity index (χ1v) is 9.13. The fourth-order valence-electron chi connectivity index (χ4n) is 2.96. The molecule has 26 heavy (non-hydrogen) atoms. The predicted molar refractivity (Wildman–Crippen MR) is 112 cm³/mol. The molecule has 0 aliphatic carbocycles. The van der Waals surface area contributed by atoms with Crippen molar-refractivity contribution in [3.05, 3.63) is 81.1 Å². The van der Waals surface area contributed by atoms with Crippen LogP contribution >= 0.6 is 12.2 Å². The van der Waals surface area contributed by atoms with E-state index in [-0.39, 0.29) is 5.56 Å². The van der Waals surface area contributed by atoms with Crippen LogP contribution in [0.3, 0.4) is 0 Å². The van der Waals surface area contributed by atoms with E-state index in [0.29, 0.717) is 24.6 Å². The molecule has 0 atom stereocenters. The second-order valence-electron chi connectivity index (χ2n) is 6.46. The highest BCUT2D eigenvalue weighted by Crippen LogP contribution is 2.19. The van der Waals surface area contributed by atoms with Gasteiger partial charge in [-0.2, -0.15) is 0 Å². The molecule has 3 rings (SSSR count). The third-order valence-corrected chi connectivity index (χ3v) is 4.79. The SMILES string of the molecule is Cc1ccc(C)c2[nH]c(=O)c(CCNC(=S)NCc3ccccc3)cc12. The molecule has 1 heterocycles. The van der Waals surface area contributed by atoms with E-state index in [9.17, 15) is 4.79 Å². The Morgan fingerprint density at radius 2 is 1.77 bits per heavy atom. The summed E-state index contributed by atoms with van der Waals surface area (Å²) in [5.74, 6) is 0. The number of aryl methyl sites for hydroxylation is 2. The molecular formula is C21H23N3OS. The van der Waals surface area contributed by atoms with Crippen molar-refractivity contribution >= 4 is 28.2 Å². The van der Waals surface area contributed by atoms with Gasteiger partial charge in [0.2, 0.25) is 0 Å². The molecule has 134 valence electrons. The second-order valence-corrected chi connectivity index (χ2v) is 6.87. The number of pyridine rings is 1. The van der Waals surface area contributed by atoms with Crippen molar-refractivity contribution in [2.24, 2.45) is 0 Å². The van der Waals surface area contributed by atoms with Gasteiger partial charge in [0.15, 0.2) is 5.11 Å². The van der Waals surface area contributed by atoms with Gasteiger partial charge in [-0.15, -0.1) is 0 Å². The molecule has 2 aromatic carbocycles. The van der Waals surface area contributed by atoms with Gasteiger partial charge in [-0.05, 0) is 55.2 Å². The fraction of sp³-hybridized carbons (Fsp3) is 0.238. The summed E-state index contributed by atoms with van der Waals surface area (Å²) >= 11 is 5.31. The molecule has 0 saturated carbocycles. The van der Waals surface area contributed by atoms with Crippen LogP contribution in [0.4, 0.5) is 0 Å². The summed E-state index contributed by atoms with van der Waals surface area (Å²) in [5.41, 5.74) is 5.08. The Balaban J connectivity index is 1.59. The van der Waals surface area contributed by atoms with Crippen molar-refractivity contribution in [3.8, 4) is 0 Å². The van der Waals surface area contributed by atoms with E-state index in [1.165, 1.54) is 5.56 Å². The van der Waals surface area contributed by atoms with Crippen LogP contribution in [0.1, 0.15) is 22.3 Å². The van der Waals surface area contributed by atoms with E-state index in [4.69, 9.17) is 12.2 Å². The van der Waals surface area contributed by atoms with Crippen molar-refractivity contribution < 1.29 is 0 Å². The molecule has 0 aliphatic heterocycles. The van der Waals surface area contributed by atoms with Gasteiger partial charge in [0.05, 0.1) is 5.52 Å². The summed E-state index contributed by atoms with van der Waals surface area (Å²) in [7, 11) is 0. The zero-order chi connectivity index (χ0) is 18.5. The zero-order valence-electron chi connectivity index (χ0n) is 15.1. The summed E-state index contributed by atoms with van der Waals surface area (Å²) in [4.78, 5) is 15.4. The van der Waals surface area contributed by atoms with Gasteiger partial charge < -0.3 is 15.6 Å². The van der Waals surface area contributed by atoms with E-state index in [0.717, 1.165) is 27.6 Å². The number of thiocarbonyl (C=S) groups is 1. The number of hydrogen-bond acceptors (Lipinski definition) is 2. The Labute approximate surface area is 158 Å². The molecule has 0 fully saturated rings. The van der Waals surface area contributed by atoms with E-state index >= 15 is 0 Å². The maximum Gasteiger partial charge on any atom is 0.251 e. The molecule has 0 radical (unpaired) electrons. The smallest absolute Gasteiger partial charge is 0.251 e. The van der Waals surface area contributed by atoms with Crippen LogP contribution in [0.25, 0.3) is 10.9 Å². The van der Waals surface area contributed by atoms with Gasteiger partial charge >= 0.3 is 0 Å². The van der Waals surface area contributed by atoms with Gasteiger partial charge in [0.25, 0.3) is 5.56 Å². The number of nitrogens with one attached hydrogen (secondary N) is 3. The number of rotatable bonds is 5. The van der Waals surface area contributed by atoms with Crippen LogP contribution in [0.2, 0.25) is 0 Å². The lowest BCUT2D eigenvalue weighted by atomic mass is 10.0. The van der Waals surface area contributed by atoms with Crippen LogP contribution in [-0.2, 0) is 13.0 Å². The molecule has 0 saturated heterocycles. The first kappa shape index (κ1) is 18.1. The molecule has 0 spiro atoms. The molecular weight excluding hydrogens is 342 g/mol. The summed E-state index contributed by atoms with van der Waals surface area (Å²) in [5, 5.41) is 8.05. The number of aromatic amines is 1. The minimum absolute atomic E-state index is 0.0313. The Morgan fingerprint density at radius 3 is 2.54 bits per heavy atom. The van der Waals surface area contributed by atoms with Crippen molar-refractivity contribution in [2.75, 3.05) is 6.54 Å². The summed E-state index contributed by atoms with van der Waals surface area (Å²) in [6.07, 6.45) is 0.617. The number of hydrogen-bond donors (Lipinski definition) is 3. The molecule has 1 aromatic heterocycles. The molecule has 0 aliphatic rings. The third kappa shape index (κ3) is 4.29. The Bertz CT molecular complexity index is 980. The summed E-state index contributed by atoms with van der Waals surface area (Å²) < 4.78 is 0. The maximum atomic E-state index is 12.4. The summed E-state index contributed by atoms with van der Waals surface area (Å²) in [6.45, 7) is 5.36. The fourth-order valence-corrected chi connectivity index (χ4v) is 3.13. The number of benzene rings is 2. The summed E-state index contributed by atoms with van der Waals surface area (Å²) in [6, 6.07) is 16.2. The van der Waals surface area contributed by atoms with Crippen LogP contribution in [0, 0.1) is 13.8 Å². The van der Waals surface area contributed by atoms with Crippen LogP contribution in [0.15, 0.2) is 53.3 Å². The van der Waals surface area contributed by atoms with Crippen molar-refractivity contribution in [3.63, 3.8) is 0 Å². The minimum atomic E-state index is -0.0313. The Morgan fingerprint density at radius 1 is 1.04 bits per heavy atom. The highest BCUT2D eigenvalue weighted by Gasteiger charge is 2.07. The highest BCUT2D eigenvalue weighted by atomic mass is 32.1. The van der Waals surface area contributed by atoms with E-state index in [2.05, 4.69) is 40.7 Å². The Hall–Kier alpha value is -2.66. The van der Waals surface area contributed by atoms with Crippen molar-refractivity contribution in [2.45, 2.75) is 26.8 Å². The topological polar surface area (TPSA) is 56.9 Å². The average Bonchev–Trinajstić information content (AvgIpc) is 2.65. The lowest BCUT2D eigenvalue weighted by molar-refractivity contribution is 0.810.